The second-order valence-corrected chi connectivity index (χ2v) is 4.78. The summed E-state index contributed by atoms with van der Waals surface area (Å²) >= 11 is 0. The van der Waals surface area contributed by atoms with Gasteiger partial charge in [0.05, 0.1) is 12.6 Å². The third-order valence-electron chi connectivity index (χ3n) is 2.92. The van der Waals surface area contributed by atoms with Crippen molar-refractivity contribution in [3.63, 3.8) is 0 Å². The Morgan fingerprint density at radius 3 is 2.61 bits per heavy atom. The first-order valence-electron chi connectivity index (χ1n) is 6.05. The zero-order valence-corrected chi connectivity index (χ0v) is 11.4. The molecule has 0 aliphatic carbocycles. The number of phenolic OH excluding ortho intramolecular Hbond substituents is 1. The monoisotopic (exact) mass is 251 g/mol. The quantitative estimate of drug-likeness (QED) is 0.842. The number of rotatable bonds is 5. The highest BCUT2D eigenvalue weighted by molar-refractivity contribution is 5.96. The van der Waals surface area contributed by atoms with Crippen molar-refractivity contribution >= 4 is 5.91 Å². The van der Waals surface area contributed by atoms with E-state index in [1.54, 1.807) is 26.2 Å². The molecule has 1 aromatic carbocycles. The molecule has 0 aliphatic rings. The maximum Gasteiger partial charge on any atom is 0.251 e. The second kappa shape index (κ2) is 6.40. The fourth-order valence-corrected chi connectivity index (χ4v) is 1.73. The molecule has 0 fully saturated rings. The smallest absolute Gasteiger partial charge is 0.251 e. The van der Waals surface area contributed by atoms with E-state index in [1.165, 1.54) is 6.07 Å². The largest absolute Gasteiger partial charge is 0.508 e. The highest BCUT2D eigenvalue weighted by Crippen LogP contribution is 2.16. The van der Waals surface area contributed by atoms with E-state index in [0.29, 0.717) is 18.1 Å². The minimum absolute atomic E-state index is 0.0179. The van der Waals surface area contributed by atoms with E-state index in [4.69, 9.17) is 4.74 Å². The number of methoxy groups -OCH3 is 1. The summed E-state index contributed by atoms with van der Waals surface area (Å²) in [5, 5.41) is 12.3. The molecule has 2 N–H and O–H groups in total. The number of benzene rings is 1. The predicted octanol–water partition coefficient (Wildman–Crippen LogP) is 2.10. The van der Waals surface area contributed by atoms with Crippen molar-refractivity contribution in [1.82, 2.24) is 5.32 Å². The number of aryl methyl sites for hydroxylation is 1. The Morgan fingerprint density at radius 2 is 2.11 bits per heavy atom. The van der Waals surface area contributed by atoms with E-state index in [1.807, 2.05) is 13.8 Å². The van der Waals surface area contributed by atoms with Gasteiger partial charge in [-0.2, -0.15) is 0 Å². The SMILES string of the molecule is COCC(NC(=O)c1ccc(O)cc1C)C(C)C. The lowest BCUT2D eigenvalue weighted by atomic mass is 10.0. The topological polar surface area (TPSA) is 58.6 Å². The number of ether oxygens (including phenoxy) is 1. The zero-order chi connectivity index (χ0) is 13.7. The van der Waals surface area contributed by atoms with Gasteiger partial charge in [0, 0.05) is 12.7 Å². The van der Waals surface area contributed by atoms with Crippen LogP contribution in [0.4, 0.5) is 0 Å². The average molecular weight is 251 g/mol. The van der Waals surface area contributed by atoms with Gasteiger partial charge in [-0.25, -0.2) is 0 Å². The molecule has 0 bridgehead atoms. The van der Waals surface area contributed by atoms with Crippen LogP contribution >= 0.6 is 0 Å². The van der Waals surface area contributed by atoms with Gasteiger partial charge in [-0.15, -0.1) is 0 Å². The van der Waals surface area contributed by atoms with Crippen LogP contribution in [0.2, 0.25) is 0 Å². The molecule has 0 heterocycles. The molecule has 0 aliphatic heterocycles. The molecule has 1 unspecified atom stereocenters. The molecule has 0 saturated carbocycles. The second-order valence-electron chi connectivity index (χ2n) is 4.78. The van der Waals surface area contributed by atoms with Crippen molar-refractivity contribution < 1.29 is 14.6 Å². The number of hydrogen-bond donors (Lipinski definition) is 2. The van der Waals surface area contributed by atoms with Crippen LogP contribution in [-0.4, -0.2) is 30.8 Å². The normalized spacial score (nSPS) is 12.5. The fourth-order valence-electron chi connectivity index (χ4n) is 1.73. The van der Waals surface area contributed by atoms with Crippen LogP contribution in [0.25, 0.3) is 0 Å². The van der Waals surface area contributed by atoms with Gasteiger partial charge in [-0.05, 0) is 36.6 Å². The number of hydrogen-bond acceptors (Lipinski definition) is 3. The van der Waals surface area contributed by atoms with Crippen molar-refractivity contribution in [3.8, 4) is 5.75 Å². The first-order chi connectivity index (χ1) is 8.45. The minimum atomic E-state index is -0.136. The number of phenols is 1. The van der Waals surface area contributed by atoms with Gasteiger partial charge in [-0.1, -0.05) is 13.8 Å². The lowest BCUT2D eigenvalue weighted by molar-refractivity contribution is 0.0866. The van der Waals surface area contributed by atoms with Crippen molar-refractivity contribution in [2.45, 2.75) is 26.8 Å². The Hall–Kier alpha value is -1.55. The fraction of sp³-hybridized carbons (Fsp3) is 0.500. The molecule has 1 amide bonds. The number of carbonyl (C=O) groups excluding carboxylic acids is 1. The van der Waals surface area contributed by atoms with Gasteiger partial charge in [0.2, 0.25) is 0 Å². The molecular formula is C14H21NO3. The molecule has 4 nitrogen and oxygen atoms in total. The number of carbonyl (C=O) groups is 1. The standard InChI is InChI=1S/C14H21NO3/c1-9(2)13(8-18-4)15-14(17)12-6-5-11(16)7-10(12)3/h5-7,9,13,16H,8H2,1-4H3,(H,15,17). The first-order valence-corrected chi connectivity index (χ1v) is 6.05. The van der Waals surface area contributed by atoms with Gasteiger partial charge in [0.25, 0.3) is 5.91 Å². The van der Waals surface area contributed by atoms with Crippen LogP contribution < -0.4 is 5.32 Å². The Kier molecular flexibility index (Phi) is 5.16. The zero-order valence-electron chi connectivity index (χ0n) is 11.4. The van der Waals surface area contributed by atoms with Crippen molar-refractivity contribution in [1.29, 1.82) is 0 Å². The summed E-state index contributed by atoms with van der Waals surface area (Å²) in [6.07, 6.45) is 0. The Bertz CT molecular complexity index is 416. The van der Waals surface area contributed by atoms with E-state index < -0.39 is 0 Å². The maximum atomic E-state index is 12.1. The average Bonchev–Trinajstić information content (AvgIpc) is 2.27. The van der Waals surface area contributed by atoms with E-state index >= 15 is 0 Å². The summed E-state index contributed by atoms with van der Waals surface area (Å²) in [6.45, 7) is 6.36. The molecule has 4 heteroatoms. The van der Waals surface area contributed by atoms with Crippen LogP contribution in [0.5, 0.6) is 5.75 Å². The summed E-state index contributed by atoms with van der Waals surface area (Å²) in [4.78, 5) is 12.1. The van der Waals surface area contributed by atoms with Crippen molar-refractivity contribution in [2.24, 2.45) is 5.92 Å². The van der Waals surface area contributed by atoms with Gasteiger partial charge in [0.15, 0.2) is 0 Å². The lowest BCUT2D eigenvalue weighted by Crippen LogP contribution is -2.41. The van der Waals surface area contributed by atoms with E-state index in [-0.39, 0.29) is 17.7 Å². The lowest BCUT2D eigenvalue weighted by Gasteiger charge is -2.22. The Labute approximate surface area is 108 Å². The van der Waals surface area contributed by atoms with Crippen LogP contribution in [0.3, 0.4) is 0 Å². The summed E-state index contributed by atoms with van der Waals surface area (Å²) < 4.78 is 5.10. The number of amides is 1. The molecule has 0 aromatic heterocycles. The van der Waals surface area contributed by atoms with Gasteiger partial charge >= 0.3 is 0 Å². The van der Waals surface area contributed by atoms with E-state index in [2.05, 4.69) is 5.32 Å². The molecule has 0 radical (unpaired) electrons. The minimum Gasteiger partial charge on any atom is -0.508 e. The molecule has 0 spiro atoms. The molecule has 0 saturated heterocycles. The van der Waals surface area contributed by atoms with Gasteiger partial charge in [0.1, 0.15) is 5.75 Å². The number of nitrogens with one attached hydrogen (secondary N) is 1. The highest BCUT2D eigenvalue weighted by Gasteiger charge is 2.18. The van der Waals surface area contributed by atoms with Crippen molar-refractivity contribution in [2.75, 3.05) is 13.7 Å². The van der Waals surface area contributed by atoms with Crippen LogP contribution in [0, 0.1) is 12.8 Å². The number of aromatic hydroxyl groups is 1. The van der Waals surface area contributed by atoms with Crippen LogP contribution in [0.1, 0.15) is 29.8 Å². The maximum absolute atomic E-state index is 12.1. The Balaban J connectivity index is 2.80. The summed E-state index contributed by atoms with van der Waals surface area (Å²) in [5.41, 5.74) is 1.34. The molecular weight excluding hydrogens is 230 g/mol. The van der Waals surface area contributed by atoms with Crippen molar-refractivity contribution in [3.05, 3.63) is 29.3 Å². The molecule has 18 heavy (non-hydrogen) atoms. The summed E-state index contributed by atoms with van der Waals surface area (Å²) in [5.74, 6) is 0.330. The molecule has 1 atom stereocenters. The molecule has 1 rings (SSSR count). The molecule has 1 aromatic rings. The van der Waals surface area contributed by atoms with Gasteiger partial charge < -0.3 is 15.2 Å². The third-order valence-corrected chi connectivity index (χ3v) is 2.92. The van der Waals surface area contributed by atoms with Gasteiger partial charge in [-0.3, -0.25) is 4.79 Å². The third kappa shape index (κ3) is 3.74. The van der Waals surface area contributed by atoms with E-state index in [9.17, 15) is 9.90 Å². The predicted molar refractivity (Wildman–Crippen MR) is 70.8 cm³/mol. The van der Waals surface area contributed by atoms with Crippen LogP contribution in [-0.2, 0) is 4.74 Å². The highest BCUT2D eigenvalue weighted by atomic mass is 16.5. The summed E-state index contributed by atoms with van der Waals surface area (Å²) in [7, 11) is 1.62. The molecule has 100 valence electrons. The first kappa shape index (κ1) is 14.5. The Morgan fingerprint density at radius 1 is 1.44 bits per heavy atom. The van der Waals surface area contributed by atoms with Crippen LogP contribution in [0.15, 0.2) is 18.2 Å². The van der Waals surface area contributed by atoms with E-state index in [0.717, 1.165) is 5.56 Å². The summed E-state index contributed by atoms with van der Waals surface area (Å²) in [6, 6.07) is 4.71.